The van der Waals surface area contributed by atoms with Gasteiger partial charge >= 0.3 is 5.97 Å². The minimum absolute atomic E-state index is 0.353. The monoisotopic (exact) mass is 231 g/mol. The number of hydrogen-bond acceptors (Lipinski definition) is 2. The molecule has 17 heavy (non-hydrogen) atoms. The molecule has 1 heterocycles. The Bertz CT molecular complexity index is 596. The van der Waals surface area contributed by atoms with Crippen LogP contribution in [0, 0.1) is 0 Å². The summed E-state index contributed by atoms with van der Waals surface area (Å²) in [6.45, 7) is 0. The van der Waals surface area contributed by atoms with Crippen molar-refractivity contribution in [1.29, 1.82) is 0 Å². The third-order valence-corrected chi connectivity index (χ3v) is 3.21. The van der Waals surface area contributed by atoms with Crippen LogP contribution < -0.4 is 4.74 Å². The van der Waals surface area contributed by atoms with Crippen molar-refractivity contribution in [2.45, 2.75) is 18.9 Å². The van der Waals surface area contributed by atoms with Gasteiger partial charge in [0.2, 0.25) is 0 Å². The Hall–Kier alpha value is -1.97. The fourth-order valence-corrected chi connectivity index (χ4v) is 2.19. The summed E-state index contributed by atoms with van der Waals surface area (Å²) >= 11 is 0. The minimum Gasteiger partial charge on any atom is -0.497 e. The average molecular weight is 231 g/mol. The normalized spacial score (nSPS) is 15.1. The largest absolute Gasteiger partial charge is 0.497 e. The molecule has 0 aliphatic heterocycles. The van der Waals surface area contributed by atoms with Gasteiger partial charge in [0.1, 0.15) is 5.75 Å². The van der Waals surface area contributed by atoms with E-state index in [1.54, 1.807) is 19.4 Å². The van der Waals surface area contributed by atoms with Gasteiger partial charge in [-0.25, -0.2) is 4.79 Å². The van der Waals surface area contributed by atoms with Crippen LogP contribution in [0.2, 0.25) is 0 Å². The first kappa shape index (κ1) is 10.2. The first-order valence-electron chi connectivity index (χ1n) is 5.62. The van der Waals surface area contributed by atoms with Crippen LogP contribution in [0.4, 0.5) is 0 Å². The highest BCUT2D eigenvalue weighted by Crippen LogP contribution is 2.39. The van der Waals surface area contributed by atoms with Crippen LogP contribution in [0.5, 0.6) is 5.75 Å². The van der Waals surface area contributed by atoms with Crippen LogP contribution in [-0.4, -0.2) is 22.8 Å². The number of rotatable bonds is 3. The van der Waals surface area contributed by atoms with Crippen molar-refractivity contribution in [3.8, 4) is 5.75 Å². The Labute approximate surface area is 98.4 Å². The zero-order valence-corrected chi connectivity index (χ0v) is 9.51. The zero-order valence-electron chi connectivity index (χ0n) is 9.51. The lowest BCUT2D eigenvalue weighted by Gasteiger charge is -2.03. The summed E-state index contributed by atoms with van der Waals surface area (Å²) in [5.74, 6) is -0.198. The van der Waals surface area contributed by atoms with Gasteiger partial charge in [-0.2, -0.15) is 0 Å². The fraction of sp³-hybridized carbons (Fsp3) is 0.308. The van der Waals surface area contributed by atoms with Crippen LogP contribution in [0.3, 0.4) is 0 Å². The molecule has 1 aromatic heterocycles. The Kier molecular flexibility index (Phi) is 2.11. The number of benzene rings is 1. The summed E-state index contributed by atoms with van der Waals surface area (Å²) < 4.78 is 7.21. The summed E-state index contributed by atoms with van der Waals surface area (Å²) in [5, 5.41) is 9.96. The van der Waals surface area contributed by atoms with E-state index in [9.17, 15) is 9.90 Å². The third kappa shape index (κ3) is 1.56. The van der Waals surface area contributed by atoms with Crippen LogP contribution in [0.25, 0.3) is 10.9 Å². The van der Waals surface area contributed by atoms with Gasteiger partial charge in [0.25, 0.3) is 0 Å². The molecule has 1 fully saturated rings. The number of carbonyl (C=O) groups is 1. The Morgan fingerprint density at radius 2 is 2.24 bits per heavy atom. The summed E-state index contributed by atoms with van der Waals surface area (Å²) in [5.41, 5.74) is 1.33. The van der Waals surface area contributed by atoms with Crippen molar-refractivity contribution in [1.82, 2.24) is 4.57 Å². The highest BCUT2D eigenvalue weighted by atomic mass is 16.5. The lowest BCUT2D eigenvalue weighted by Crippen LogP contribution is -1.94. The van der Waals surface area contributed by atoms with Gasteiger partial charge in [0.15, 0.2) is 0 Å². The Balaban J connectivity index is 2.27. The lowest BCUT2D eigenvalue weighted by molar-refractivity contribution is 0.0699. The number of fused-ring (bicyclic) bond motifs is 1. The summed E-state index contributed by atoms with van der Waals surface area (Å²) in [6, 6.07) is 6.06. The summed E-state index contributed by atoms with van der Waals surface area (Å²) in [7, 11) is 1.58. The van der Waals surface area contributed by atoms with Crippen molar-refractivity contribution in [2.75, 3.05) is 7.11 Å². The number of carboxylic acid groups (broad SMARTS) is 1. The van der Waals surface area contributed by atoms with Crippen molar-refractivity contribution in [3.05, 3.63) is 30.0 Å². The van der Waals surface area contributed by atoms with E-state index in [0.29, 0.717) is 17.4 Å². The molecular weight excluding hydrogens is 218 g/mol. The van der Waals surface area contributed by atoms with E-state index in [0.717, 1.165) is 23.7 Å². The second kappa shape index (κ2) is 3.52. The predicted molar refractivity (Wildman–Crippen MR) is 63.7 cm³/mol. The van der Waals surface area contributed by atoms with Crippen molar-refractivity contribution < 1.29 is 14.6 Å². The van der Waals surface area contributed by atoms with Crippen LogP contribution in [0.15, 0.2) is 24.4 Å². The van der Waals surface area contributed by atoms with Gasteiger partial charge in [-0.1, -0.05) is 0 Å². The molecule has 2 aromatic rings. The maximum atomic E-state index is 11.2. The molecule has 4 nitrogen and oxygen atoms in total. The molecule has 0 radical (unpaired) electrons. The van der Waals surface area contributed by atoms with E-state index in [1.807, 2.05) is 12.1 Å². The van der Waals surface area contributed by atoms with Crippen molar-refractivity contribution >= 4 is 16.9 Å². The maximum absolute atomic E-state index is 11.2. The minimum atomic E-state index is -0.886. The first-order chi connectivity index (χ1) is 8.20. The molecule has 3 rings (SSSR count). The third-order valence-electron chi connectivity index (χ3n) is 3.21. The van der Waals surface area contributed by atoms with Crippen LogP contribution in [-0.2, 0) is 0 Å². The SMILES string of the molecule is COc1ccc2c(c1)c(C(=O)O)cn2C1CC1. The number of hydrogen-bond donors (Lipinski definition) is 1. The molecule has 1 aliphatic rings. The van der Waals surface area contributed by atoms with Gasteiger partial charge < -0.3 is 14.4 Å². The highest BCUT2D eigenvalue weighted by Gasteiger charge is 2.27. The number of carboxylic acids is 1. The molecule has 0 bridgehead atoms. The van der Waals surface area contributed by atoms with Crippen molar-refractivity contribution in [2.24, 2.45) is 0 Å². The van der Waals surface area contributed by atoms with Crippen LogP contribution >= 0.6 is 0 Å². The van der Waals surface area contributed by atoms with Crippen LogP contribution in [0.1, 0.15) is 29.2 Å². The van der Waals surface area contributed by atoms with E-state index in [2.05, 4.69) is 4.57 Å². The topological polar surface area (TPSA) is 51.5 Å². The van der Waals surface area contributed by atoms with Gasteiger partial charge in [0.05, 0.1) is 12.7 Å². The average Bonchev–Trinajstić information content (AvgIpc) is 3.09. The molecule has 0 atom stereocenters. The Morgan fingerprint density at radius 1 is 1.47 bits per heavy atom. The molecule has 0 amide bonds. The molecule has 88 valence electrons. The quantitative estimate of drug-likeness (QED) is 0.883. The van der Waals surface area contributed by atoms with E-state index < -0.39 is 5.97 Å². The molecule has 0 spiro atoms. The molecule has 1 N–H and O–H groups in total. The number of ether oxygens (including phenoxy) is 1. The second-order valence-corrected chi connectivity index (χ2v) is 4.37. The molecule has 0 unspecified atom stereocenters. The van der Waals surface area contributed by atoms with Crippen molar-refractivity contribution in [3.63, 3.8) is 0 Å². The number of nitrogens with zero attached hydrogens (tertiary/aromatic N) is 1. The maximum Gasteiger partial charge on any atom is 0.337 e. The van der Waals surface area contributed by atoms with Gasteiger partial charge in [-0.3, -0.25) is 0 Å². The predicted octanol–water partition coefficient (Wildman–Crippen LogP) is 2.68. The zero-order chi connectivity index (χ0) is 12.0. The van der Waals surface area contributed by atoms with Gasteiger partial charge in [-0.15, -0.1) is 0 Å². The van der Waals surface area contributed by atoms with E-state index in [-0.39, 0.29) is 0 Å². The lowest BCUT2D eigenvalue weighted by atomic mass is 10.1. The summed E-state index contributed by atoms with van der Waals surface area (Å²) in [6.07, 6.45) is 4.01. The standard InChI is InChI=1S/C13H13NO3/c1-17-9-4-5-12-10(6-9)11(13(15)16)7-14(12)8-2-3-8/h4-8H,2-3H2,1H3,(H,15,16). The number of methoxy groups -OCH3 is 1. The highest BCUT2D eigenvalue weighted by molar-refractivity contribution is 6.04. The van der Waals surface area contributed by atoms with E-state index in [4.69, 9.17) is 4.74 Å². The molecule has 1 saturated carbocycles. The molecule has 0 saturated heterocycles. The molecule has 1 aromatic carbocycles. The van der Waals surface area contributed by atoms with E-state index in [1.165, 1.54) is 0 Å². The number of aromatic carboxylic acids is 1. The molecule has 1 aliphatic carbocycles. The van der Waals surface area contributed by atoms with E-state index >= 15 is 0 Å². The molecule has 4 heteroatoms. The second-order valence-electron chi connectivity index (χ2n) is 4.37. The number of aromatic nitrogens is 1. The summed E-state index contributed by atoms with van der Waals surface area (Å²) in [4.78, 5) is 11.2. The fourth-order valence-electron chi connectivity index (χ4n) is 2.19. The first-order valence-corrected chi connectivity index (χ1v) is 5.62. The van der Waals surface area contributed by atoms with Gasteiger partial charge in [0, 0.05) is 23.1 Å². The Morgan fingerprint density at radius 3 is 2.82 bits per heavy atom. The molecular formula is C13H13NO3. The smallest absolute Gasteiger partial charge is 0.337 e. The van der Waals surface area contributed by atoms with Gasteiger partial charge in [-0.05, 0) is 31.0 Å².